The number of carbonyl (C=O) groups excluding carboxylic acids is 1. The van der Waals surface area contributed by atoms with Crippen LogP contribution in [0.25, 0.3) is 0 Å². The Balaban J connectivity index is 1.92. The van der Waals surface area contributed by atoms with E-state index in [2.05, 4.69) is 6.92 Å². The molecule has 0 aliphatic heterocycles. The molecule has 0 spiro atoms. The molecule has 0 N–H and O–H groups in total. The van der Waals surface area contributed by atoms with Crippen molar-refractivity contribution in [2.45, 2.75) is 27.2 Å². The van der Waals surface area contributed by atoms with E-state index >= 15 is 0 Å². The number of halogens is 1. The van der Waals surface area contributed by atoms with Gasteiger partial charge in [0.1, 0.15) is 11.5 Å². The molecule has 0 bridgehead atoms. The van der Waals surface area contributed by atoms with Crippen LogP contribution in [-0.2, 0) is 11.2 Å². The molecule has 0 atom stereocenters. The Morgan fingerprint density at radius 2 is 1.64 bits per heavy atom. The van der Waals surface area contributed by atoms with Crippen LogP contribution >= 0.6 is 11.6 Å². The maximum atomic E-state index is 11.8. The number of esters is 1. The van der Waals surface area contributed by atoms with Gasteiger partial charge in [-0.05, 0) is 61.2 Å². The van der Waals surface area contributed by atoms with Crippen molar-refractivity contribution in [2.24, 2.45) is 0 Å². The van der Waals surface area contributed by atoms with Gasteiger partial charge in [0.15, 0.2) is 6.61 Å². The van der Waals surface area contributed by atoms with Gasteiger partial charge < -0.3 is 9.47 Å². The van der Waals surface area contributed by atoms with Gasteiger partial charge in [0.25, 0.3) is 0 Å². The molecule has 2 aromatic rings. The Kier molecular flexibility index (Phi) is 5.45. The summed E-state index contributed by atoms with van der Waals surface area (Å²) in [5, 5.41) is 0.687. The first-order valence-corrected chi connectivity index (χ1v) is 7.56. The lowest BCUT2D eigenvalue weighted by atomic mass is 10.1. The highest BCUT2D eigenvalue weighted by Gasteiger charge is 2.09. The van der Waals surface area contributed by atoms with E-state index in [4.69, 9.17) is 21.1 Å². The predicted octanol–water partition coefficient (Wildman–Crippen LogP) is 4.50. The minimum Gasteiger partial charge on any atom is -0.482 e. The van der Waals surface area contributed by atoms with E-state index in [0.29, 0.717) is 16.5 Å². The van der Waals surface area contributed by atoms with Crippen molar-refractivity contribution in [3.05, 3.63) is 58.1 Å². The number of hydrogen-bond donors (Lipinski definition) is 0. The Hall–Kier alpha value is -2.00. The van der Waals surface area contributed by atoms with Crippen LogP contribution in [0, 0.1) is 13.8 Å². The summed E-state index contributed by atoms with van der Waals surface area (Å²) in [5.41, 5.74) is 2.98. The number of benzene rings is 2. The molecular weight excluding hydrogens is 300 g/mol. The summed E-state index contributed by atoms with van der Waals surface area (Å²) in [6, 6.07) is 11.1. The molecule has 0 saturated heterocycles. The maximum absolute atomic E-state index is 11.8. The lowest BCUT2D eigenvalue weighted by Gasteiger charge is -2.09. The van der Waals surface area contributed by atoms with Crippen molar-refractivity contribution in [1.29, 1.82) is 0 Å². The average Bonchev–Trinajstić information content (AvgIpc) is 2.51. The molecule has 116 valence electrons. The lowest BCUT2D eigenvalue weighted by molar-refractivity contribution is -0.136. The average molecular weight is 319 g/mol. The van der Waals surface area contributed by atoms with E-state index in [1.807, 2.05) is 38.1 Å². The SMILES string of the molecule is CCc1ccc(OCC(=O)Oc2cc(C)c(Cl)c(C)c2)cc1. The molecule has 0 aliphatic carbocycles. The first-order chi connectivity index (χ1) is 10.5. The van der Waals surface area contributed by atoms with E-state index in [-0.39, 0.29) is 6.61 Å². The fraction of sp³-hybridized carbons (Fsp3) is 0.278. The largest absolute Gasteiger partial charge is 0.482 e. The van der Waals surface area contributed by atoms with Crippen LogP contribution in [0.1, 0.15) is 23.6 Å². The third-order valence-corrected chi connectivity index (χ3v) is 3.93. The molecule has 22 heavy (non-hydrogen) atoms. The molecule has 2 aromatic carbocycles. The zero-order valence-electron chi connectivity index (χ0n) is 13.0. The quantitative estimate of drug-likeness (QED) is 0.601. The number of ether oxygens (including phenoxy) is 2. The van der Waals surface area contributed by atoms with Gasteiger partial charge in [-0.1, -0.05) is 30.7 Å². The van der Waals surface area contributed by atoms with E-state index in [1.165, 1.54) is 5.56 Å². The number of hydrogen-bond acceptors (Lipinski definition) is 3. The van der Waals surface area contributed by atoms with Gasteiger partial charge >= 0.3 is 5.97 Å². The lowest BCUT2D eigenvalue weighted by Crippen LogP contribution is -2.17. The van der Waals surface area contributed by atoms with Crippen LogP contribution in [0.15, 0.2) is 36.4 Å². The van der Waals surface area contributed by atoms with Crippen LogP contribution in [0.5, 0.6) is 11.5 Å². The number of carbonyl (C=O) groups is 1. The van der Waals surface area contributed by atoms with Gasteiger partial charge in [-0.25, -0.2) is 4.79 Å². The first kappa shape index (κ1) is 16.4. The maximum Gasteiger partial charge on any atom is 0.349 e. The second kappa shape index (κ2) is 7.32. The van der Waals surface area contributed by atoms with Gasteiger partial charge in [-0.2, -0.15) is 0 Å². The Labute approximate surface area is 135 Å². The highest BCUT2D eigenvalue weighted by atomic mass is 35.5. The summed E-state index contributed by atoms with van der Waals surface area (Å²) in [6.45, 7) is 5.70. The van der Waals surface area contributed by atoms with Gasteiger partial charge in [0.2, 0.25) is 0 Å². The summed E-state index contributed by atoms with van der Waals surface area (Å²) in [7, 11) is 0. The smallest absolute Gasteiger partial charge is 0.349 e. The molecule has 0 amide bonds. The van der Waals surface area contributed by atoms with Gasteiger partial charge in [-0.15, -0.1) is 0 Å². The molecule has 0 saturated carbocycles. The molecular formula is C18H19ClO3. The summed E-state index contributed by atoms with van der Waals surface area (Å²) in [5.74, 6) is 0.688. The van der Waals surface area contributed by atoms with Gasteiger partial charge in [0, 0.05) is 5.02 Å². The molecule has 3 nitrogen and oxygen atoms in total. The molecule has 0 aliphatic rings. The summed E-state index contributed by atoms with van der Waals surface area (Å²) >= 11 is 6.09. The summed E-state index contributed by atoms with van der Waals surface area (Å²) in [4.78, 5) is 11.8. The highest BCUT2D eigenvalue weighted by Crippen LogP contribution is 2.26. The third-order valence-electron chi connectivity index (χ3n) is 3.33. The van der Waals surface area contributed by atoms with E-state index in [9.17, 15) is 4.79 Å². The first-order valence-electron chi connectivity index (χ1n) is 7.18. The number of aryl methyl sites for hydroxylation is 3. The second-order valence-corrected chi connectivity index (χ2v) is 5.51. The van der Waals surface area contributed by atoms with Crippen LogP contribution in [0.3, 0.4) is 0 Å². The van der Waals surface area contributed by atoms with Crippen molar-refractivity contribution in [1.82, 2.24) is 0 Å². The molecule has 0 radical (unpaired) electrons. The topological polar surface area (TPSA) is 35.5 Å². The zero-order chi connectivity index (χ0) is 16.1. The van der Waals surface area contributed by atoms with E-state index in [0.717, 1.165) is 17.5 Å². The Morgan fingerprint density at radius 1 is 1.05 bits per heavy atom. The molecule has 0 fully saturated rings. The van der Waals surface area contributed by atoms with Gasteiger partial charge in [0.05, 0.1) is 0 Å². The van der Waals surface area contributed by atoms with E-state index in [1.54, 1.807) is 12.1 Å². The molecule has 0 aromatic heterocycles. The van der Waals surface area contributed by atoms with Crippen molar-refractivity contribution in [3.8, 4) is 11.5 Å². The Morgan fingerprint density at radius 3 is 2.18 bits per heavy atom. The highest BCUT2D eigenvalue weighted by molar-refractivity contribution is 6.32. The van der Waals surface area contributed by atoms with Crippen molar-refractivity contribution in [3.63, 3.8) is 0 Å². The standard InChI is InChI=1S/C18H19ClO3/c1-4-14-5-7-15(8-6-14)21-11-17(20)22-16-9-12(2)18(19)13(3)10-16/h5-10H,4,11H2,1-3H3. The fourth-order valence-electron chi connectivity index (χ4n) is 2.09. The van der Waals surface area contributed by atoms with Crippen molar-refractivity contribution >= 4 is 17.6 Å². The molecule has 0 heterocycles. The fourth-order valence-corrected chi connectivity index (χ4v) is 2.20. The van der Waals surface area contributed by atoms with Crippen molar-refractivity contribution in [2.75, 3.05) is 6.61 Å². The van der Waals surface area contributed by atoms with Crippen LogP contribution < -0.4 is 9.47 Å². The van der Waals surface area contributed by atoms with Crippen LogP contribution in [-0.4, -0.2) is 12.6 Å². The molecule has 4 heteroatoms. The van der Waals surface area contributed by atoms with Crippen LogP contribution in [0.2, 0.25) is 5.02 Å². The molecule has 2 rings (SSSR count). The van der Waals surface area contributed by atoms with Crippen LogP contribution in [0.4, 0.5) is 0 Å². The normalized spacial score (nSPS) is 10.4. The van der Waals surface area contributed by atoms with Gasteiger partial charge in [-0.3, -0.25) is 0 Å². The molecule has 0 unspecified atom stereocenters. The minimum atomic E-state index is -0.444. The summed E-state index contributed by atoms with van der Waals surface area (Å²) < 4.78 is 10.7. The summed E-state index contributed by atoms with van der Waals surface area (Å²) in [6.07, 6.45) is 0.970. The van der Waals surface area contributed by atoms with Crippen molar-refractivity contribution < 1.29 is 14.3 Å². The minimum absolute atomic E-state index is 0.133. The number of rotatable bonds is 5. The van der Waals surface area contributed by atoms with E-state index < -0.39 is 5.97 Å². The second-order valence-electron chi connectivity index (χ2n) is 5.13. The monoisotopic (exact) mass is 318 g/mol. The Bertz CT molecular complexity index is 640. The zero-order valence-corrected chi connectivity index (χ0v) is 13.7. The third kappa shape index (κ3) is 4.25. The predicted molar refractivity (Wildman–Crippen MR) is 87.9 cm³/mol.